The molecule has 0 aromatic heterocycles. The second-order valence-electron chi connectivity index (χ2n) is 12.3. The summed E-state index contributed by atoms with van der Waals surface area (Å²) >= 11 is 0. The molecule has 0 unspecified atom stereocenters. The van der Waals surface area contributed by atoms with Crippen molar-refractivity contribution in [2.45, 2.75) is 194 Å². The van der Waals surface area contributed by atoms with Crippen LogP contribution in [0.4, 0.5) is 0 Å². The van der Waals surface area contributed by atoms with Crippen molar-refractivity contribution in [3.63, 3.8) is 0 Å². The maximum atomic E-state index is 10.2. The molecule has 0 aliphatic rings. The van der Waals surface area contributed by atoms with Crippen molar-refractivity contribution in [2.24, 2.45) is 0 Å². The molecule has 0 aromatic rings. The molecule has 0 heterocycles. The fraction of sp³-hybridized carbons (Fsp3) is 0.889. The summed E-state index contributed by atoms with van der Waals surface area (Å²) in [7, 11) is -9.00. The molecule has 0 aliphatic heterocycles. The van der Waals surface area contributed by atoms with Gasteiger partial charge in [0.2, 0.25) is 20.8 Å². The molecule has 47 heavy (non-hydrogen) atoms. The Kier molecular flexibility index (Phi) is 43.7. The standard InChI is InChI=1S/2C18H36O4S.Cu/c2*1-2-3-4-5-6-7-8-9-10-11-12-13-14-15-16-17-18-22-23(19,20)21;/h2*9-10H,2-8,11-18H2,1H3,(H,19,20,21);/q;;+2/p-2/b2*10-9-;. The SMILES string of the molecule is CCCCCCCC/C=C\CCCCCCCCOS(=O)(=O)[O-].CCCCCCCC/C=C\CCCCCCCCOS(=O)(=O)[O-].[Cu+2]. The maximum Gasteiger partial charge on any atom is 2.00 e. The van der Waals surface area contributed by atoms with E-state index < -0.39 is 20.8 Å². The molecular formula is C36H70CuO8S2. The average Bonchev–Trinajstić information content (AvgIpc) is 2.99. The predicted molar refractivity (Wildman–Crippen MR) is 190 cm³/mol. The molecule has 0 amide bonds. The quantitative estimate of drug-likeness (QED) is 0.0208. The van der Waals surface area contributed by atoms with Crippen LogP contribution in [-0.4, -0.2) is 39.2 Å². The summed E-state index contributed by atoms with van der Waals surface area (Å²) < 4.78 is 69.6. The van der Waals surface area contributed by atoms with E-state index >= 15 is 0 Å². The molecule has 0 rings (SSSR count). The summed E-state index contributed by atoms with van der Waals surface area (Å²) in [6.45, 7) is 4.54. The monoisotopic (exact) mass is 757 g/mol. The van der Waals surface area contributed by atoms with E-state index in [1.165, 1.54) is 116 Å². The van der Waals surface area contributed by atoms with Crippen molar-refractivity contribution >= 4 is 20.8 Å². The Morgan fingerprint density at radius 3 is 0.830 bits per heavy atom. The molecule has 11 heteroatoms. The van der Waals surface area contributed by atoms with Crippen LogP contribution in [0, 0.1) is 0 Å². The van der Waals surface area contributed by atoms with E-state index in [2.05, 4.69) is 46.5 Å². The molecule has 285 valence electrons. The Bertz CT molecular complexity index is 805. The minimum absolute atomic E-state index is 0. The van der Waals surface area contributed by atoms with Crippen molar-refractivity contribution < 1.29 is 51.4 Å². The van der Waals surface area contributed by atoms with Gasteiger partial charge in [0.25, 0.3) is 0 Å². The van der Waals surface area contributed by atoms with E-state index in [4.69, 9.17) is 0 Å². The van der Waals surface area contributed by atoms with Gasteiger partial charge in [-0.15, -0.1) is 0 Å². The maximum absolute atomic E-state index is 10.2. The summed E-state index contributed by atoms with van der Waals surface area (Å²) in [6, 6.07) is 0. The smallest absolute Gasteiger partial charge is 0.726 e. The molecule has 0 atom stereocenters. The average molecular weight is 759 g/mol. The van der Waals surface area contributed by atoms with Gasteiger partial charge in [0.15, 0.2) is 0 Å². The van der Waals surface area contributed by atoms with Gasteiger partial charge in [0, 0.05) is 0 Å². The Labute approximate surface area is 302 Å². The van der Waals surface area contributed by atoms with Gasteiger partial charge in [-0.3, -0.25) is 8.37 Å². The third kappa shape index (κ3) is 55.4. The van der Waals surface area contributed by atoms with Gasteiger partial charge >= 0.3 is 17.1 Å². The molecule has 0 N–H and O–H groups in total. The number of unbranched alkanes of at least 4 members (excludes halogenated alkanes) is 24. The summed E-state index contributed by atoms with van der Waals surface area (Å²) in [6.07, 6.45) is 42.7. The van der Waals surface area contributed by atoms with Crippen molar-refractivity contribution in [3.8, 4) is 0 Å². The molecular weight excluding hydrogens is 688 g/mol. The van der Waals surface area contributed by atoms with Crippen LogP contribution in [-0.2, 0) is 46.2 Å². The first-order valence-electron chi connectivity index (χ1n) is 18.6. The fourth-order valence-electron chi connectivity index (χ4n) is 5.02. The van der Waals surface area contributed by atoms with Crippen LogP contribution in [0.2, 0.25) is 0 Å². The van der Waals surface area contributed by atoms with E-state index in [1.54, 1.807) is 0 Å². The number of hydrogen-bond donors (Lipinski definition) is 0. The van der Waals surface area contributed by atoms with Gasteiger partial charge in [-0.2, -0.15) is 0 Å². The van der Waals surface area contributed by atoms with Crippen LogP contribution in [0.3, 0.4) is 0 Å². The van der Waals surface area contributed by atoms with Crippen molar-refractivity contribution in [1.29, 1.82) is 0 Å². The van der Waals surface area contributed by atoms with Crippen LogP contribution >= 0.6 is 0 Å². The third-order valence-electron chi connectivity index (χ3n) is 7.77. The zero-order valence-corrected chi connectivity index (χ0v) is 32.5. The second-order valence-corrected chi connectivity index (χ2v) is 14.4. The largest absolute Gasteiger partial charge is 2.00 e. The first-order chi connectivity index (χ1) is 22.1. The van der Waals surface area contributed by atoms with Crippen LogP contribution < -0.4 is 0 Å². The van der Waals surface area contributed by atoms with Crippen molar-refractivity contribution in [2.75, 3.05) is 13.2 Å². The van der Waals surface area contributed by atoms with Crippen molar-refractivity contribution in [3.05, 3.63) is 24.3 Å². The van der Waals surface area contributed by atoms with Crippen LogP contribution in [0.5, 0.6) is 0 Å². The summed E-state index contributed by atoms with van der Waals surface area (Å²) in [5.74, 6) is 0. The summed E-state index contributed by atoms with van der Waals surface area (Å²) in [5.41, 5.74) is 0. The Hall–Kier alpha value is -0.261. The fourth-order valence-corrected chi connectivity index (χ4v) is 5.67. The third-order valence-corrected chi connectivity index (χ3v) is 8.68. The predicted octanol–water partition coefficient (Wildman–Crippen LogP) is 11.0. The second kappa shape index (κ2) is 40.2. The Morgan fingerprint density at radius 2 is 0.596 bits per heavy atom. The normalized spacial score (nSPS) is 12.0. The Balaban J connectivity index is -0.000000807. The van der Waals surface area contributed by atoms with E-state index in [9.17, 15) is 25.9 Å². The van der Waals surface area contributed by atoms with E-state index in [-0.39, 0.29) is 30.3 Å². The molecule has 1 radical (unpaired) electrons. The first kappa shape index (κ1) is 51.1. The van der Waals surface area contributed by atoms with E-state index in [1.807, 2.05) is 0 Å². The van der Waals surface area contributed by atoms with Gasteiger partial charge in [-0.1, -0.05) is 154 Å². The molecule has 0 fully saturated rings. The molecule has 0 aromatic carbocycles. The minimum Gasteiger partial charge on any atom is -0.726 e. The molecule has 0 bridgehead atoms. The Morgan fingerprint density at radius 1 is 0.383 bits per heavy atom. The number of allylic oxidation sites excluding steroid dienone is 4. The van der Waals surface area contributed by atoms with Gasteiger partial charge in [0.1, 0.15) is 0 Å². The van der Waals surface area contributed by atoms with Crippen LogP contribution in [0.15, 0.2) is 24.3 Å². The molecule has 0 spiro atoms. The van der Waals surface area contributed by atoms with Gasteiger partial charge in [0.05, 0.1) is 13.2 Å². The molecule has 0 saturated heterocycles. The molecule has 0 saturated carbocycles. The summed E-state index contributed by atoms with van der Waals surface area (Å²) in [4.78, 5) is 0. The van der Waals surface area contributed by atoms with Crippen LogP contribution in [0.25, 0.3) is 0 Å². The zero-order valence-electron chi connectivity index (χ0n) is 29.9. The van der Waals surface area contributed by atoms with Crippen molar-refractivity contribution in [1.82, 2.24) is 0 Å². The topological polar surface area (TPSA) is 133 Å². The van der Waals surface area contributed by atoms with Gasteiger partial charge in [-0.05, 0) is 64.2 Å². The zero-order chi connectivity index (χ0) is 34.5. The van der Waals surface area contributed by atoms with E-state index in [0.717, 1.165) is 51.4 Å². The minimum atomic E-state index is -4.50. The number of hydrogen-bond acceptors (Lipinski definition) is 8. The summed E-state index contributed by atoms with van der Waals surface area (Å²) in [5, 5.41) is 0. The van der Waals surface area contributed by atoms with E-state index in [0.29, 0.717) is 12.8 Å². The number of rotatable bonds is 34. The van der Waals surface area contributed by atoms with Crippen LogP contribution in [0.1, 0.15) is 194 Å². The first-order valence-corrected chi connectivity index (χ1v) is 21.3. The molecule has 0 aliphatic carbocycles. The molecule has 8 nitrogen and oxygen atoms in total. The van der Waals surface area contributed by atoms with Gasteiger partial charge < -0.3 is 9.11 Å². The van der Waals surface area contributed by atoms with Gasteiger partial charge in [-0.25, -0.2) is 16.8 Å².